The molecule has 0 aliphatic carbocycles. The van der Waals surface area contributed by atoms with Crippen molar-refractivity contribution in [3.63, 3.8) is 0 Å². The maximum Gasteiger partial charge on any atom is 0.201 e. The summed E-state index contributed by atoms with van der Waals surface area (Å²) in [5.74, 6) is 0.00500. The van der Waals surface area contributed by atoms with E-state index < -0.39 is 0 Å². The summed E-state index contributed by atoms with van der Waals surface area (Å²) in [6.45, 7) is 1.86. The zero-order valence-electron chi connectivity index (χ0n) is 11.1. The Morgan fingerprint density at radius 3 is 2.57 bits per heavy atom. The molecule has 1 aromatic heterocycles. The van der Waals surface area contributed by atoms with E-state index in [2.05, 4.69) is 4.98 Å². The van der Waals surface area contributed by atoms with Crippen molar-refractivity contribution in [2.75, 3.05) is 5.73 Å². The minimum atomic E-state index is -0.312. The number of anilines is 1. The van der Waals surface area contributed by atoms with Crippen LogP contribution in [0.25, 0.3) is 11.0 Å². The Kier molecular flexibility index (Phi) is 3.51. The fourth-order valence-corrected chi connectivity index (χ4v) is 2.78. The average molecular weight is 324 g/mol. The van der Waals surface area contributed by atoms with E-state index in [0.717, 1.165) is 5.52 Å². The van der Waals surface area contributed by atoms with Crippen molar-refractivity contribution in [2.24, 2.45) is 0 Å². The summed E-state index contributed by atoms with van der Waals surface area (Å²) in [5.41, 5.74) is 7.87. The van der Waals surface area contributed by atoms with E-state index in [4.69, 9.17) is 28.9 Å². The second-order valence-electron chi connectivity index (χ2n) is 4.79. The third-order valence-electron chi connectivity index (χ3n) is 3.50. The molecule has 3 rings (SSSR count). The Hall–Kier alpha value is -1.78. The van der Waals surface area contributed by atoms with Gasteiger partial charge in [-0.3, -0.25) is 0 Å². The molecule has 1 heterocycles. The molecule has 2 aromatic carbocycles. The van der Waals surface area contributed by atoms with Crippen LogP contribution in [0.3, 0.4) is 0 Å². The molecule has 0 fully saturated rings. The number of benzene rings is 2. The molecule has 3 nitrogen and oxygen atoms in total. The monoisotopic (exact) mass is 323 g/mol. The summed E-state index contributed by atoms with van der Waals surface area (Å²) in [4.78, 5) is 4.27. The highest BCUT2D eigenvalue weighted by Crippen LogP contribution is 2.33. The van der Waals surface area contributed by atoms with E-state index in [9.17, 15) is 4.39 Å². The summed E-state index contributed by atoms with van der Waals surface area (Å²) >= 11 is 12.1. The van der Waals surface area contributed by atoms with E-state index in [0.29, 0.717) is 27.1 Å². The number of fused-ring (bicyclic) bond motifs is 1. The van der Waals surface area contributed by atoms with Gasteiger partial charge < -0.3 is 10.3 Å². The molecular formula is C15H12Cl2FN3. The lowest BCUT2D eigenvalue weighted by Gasteiger charge is -2.17. The van der Waals surface area contributed by atoms with Gasteiger partial charge in [0, 0.05) is 5.56 Å². The summed E-state index contributed by atoms with van der Waals surface area (Å²) in [7, 11) is 0. The predicted octanol–water partition coefficient (Wildman–Crippen LogP) is 4.67. The molecule has 108 valence electrons. The van der Waals surface area contributed by atoms with Gasteiger partial charge in [-0.2, -0.15) is 0 Å². The molecule has 0 bridgehead atoms. The highest BCUT2D eigenvalue weighted by atomic mass is 35.5. The molecule has 0 radical (unpaired) electrons. The number of imidazole rings is 1. The minimum absolute atomic E-state index is 0.286. The fourth-order valence-electron chi connectivity index (χ4n) is 2.47. The first-order chi connectivity index (χ1) is 9.99. The van der Waals surface area contributed by atoms with Gasteiger partial charge in [-0.05, 0) is 25.1 Å². The van der Waals surface area contributed by atoms with Crippen LogP contribution in [0.1, 0.15) is 18.5 Å². The lowest BCUT2D eigenvalue weighted by molar-refractivity contribution is 0.567. The zero-order chi connectivity index (χ0) is 15.1. The van der Waals surface area contributed by atoms with Crippen molar-refractivity contribution in [1.82, 2.24) is 9.55 Å². The minimum Gasteiger partial charge on any atom is -0.369 e. The van der Waals surface area contributed by atoms with Gasteiger partial charge in [-0.1, -0.05) is 41.4 Å². The molecule has 0 aliphatic rings. The third-order valence-corrected chi connectivity index (χ3v) is 4.22. The molecule has 0 saturated heterocycles. The summed E-state index contributed by atoms with van der Waals surface area (Å²) in [6.07, 6.45) is 0. The molecule has 3 aromatic rings. The molecule has 1 atom stereocenters. The molecule has 21 heavy (non-hydrogen) atoms. The van der Waals surface area contributed by atoms with Gasteiger partial charge in [-0.15, -0.1) is 0 Å². The highest BCUT2D eigenvalue weighted by Gasteiger charge is 2.19. The highest BCUT2D eigenvalue weighted by molar-refractivity contribution is 6.42. The van der Waals surface area contributed by atoms with Gasteiger partial charge in [0.2, 0.25) is 5.95 Å². The number of hydrogen-bond donors (Lipinski definition) is 1. The molecule has 0 saturated carbocycles. The Morgan fingerprint density at radius 1 is 1.19 bits per heavy atom. The van der Waals surface area contributed by atoms with Crippen molar-refractivity contribution in [2.45, 2.75) is 13.0 Å². The van der Waals surface area contributed by atoms with E-state index in [-0.39, 0.29) is 11.9 Å². The molecule has 0 aliphatic heterocycles. The van der Waals surface area contributed by atoms with Crippen LogP contribution in [-0.4, -0.2) is 9.55 Å². The van der Waals surface area contributed by atoms with Crippen LogP contribution in [0.15, 0.2) is 36.4 Å². The standard InChI is InChI=1S/C15H12Cl2FN3/c1-8(9-4-2-3-5-12(9)18)21-14-7-11(17)10(16)6-13(14)20-15(21)19/h2-8H,1H3,(H2,19,20). The summed E-state index contributed by atoms with van der Waals surface area (Å²) < 4.78 is 15.7. The van der Waals surface area contributed by atoms with E-state index in [1.165, 1.54) is 6.07 Å². The van der Waals surface area contributed by atoms with Gasteiger partial charge in [0.15, 0.2) is 0 Å². The topological polar surface area (TPSA) is 43.8 Å². The number of nitrogens with zero attached hydrogens (tertiary/aromatic N) is 2. The largest absolute Gasteiger partial charge is 0.369 e. The molecular weight excluding hydrogens is 312 g/mol. The number of nitrogens with two attached hydrogens (primary N) is 1. The third kappa shape index (κ3) is 2.34. The molecule has 6 heteroatoms. The van der Waals surface area contributed by atoms with E-state index in [1.807, 2.05) is 6.92 Å². The van der Waals surface area contributed by atoms with Crippen molar-refractivity contribution in [3.8, 4) is 0 Å². The molecule has 2 N–H and O–H groups in total. The summed E-state index contributed by atoms with van der Waals surface area (Å²) in [6, 6.07) is 9.62. The van der Waals surface area contributed by atoms with Gasteiger partial charge in [0.25, 0.3) is 0 Å². The maximum atomic E-state index is 14.0. The van der Waals surface area contributed by atoms with Gasteiger partial charge in [0.1, 0.15) is 5.82 Å². The first kappa shape index (κ1) is 14.2. The number of rotatable bonds is 2. The Bertz CT molecular complexity index is 829. The lowest BCUT2D eigenvalue weighted by Crippen LogP contribution is -2.11. The lowest BCUT2D eigenvalue weighted by atomic mass is 10.1. The second-order valence-corrected chi connectivity index (χ2v) is 5.61. The van der Waals surface area contributed by atoms with Crippen molar-refractivity contribution >= 4 is 40.2 Å². The quantitative estimate of drug-likeness (QED) is 0.744. The number of halogens is 3. The van der Waals surface area contributed by atoms with Crippen LogP contribution in [0.2, 0.25) is 10.0 Å². The Morgan fingerprint density at radius 2 is 1.86 bits per heavy atom. The second kappa shape index (κ2) is 5.20. The number of aromatic nitrogens is 2. The SMILES string of the molecule is CC(c1ccccc1F)n1c(N)nc2cc(Cl)c(Cl)cc21. The number of hydrogen-bond acceptors (Lipinski definition) is 2. The number of nitrogen functional groups attached to an aromatic ring is 1. The fraction of sp³-hybridized carbons (Fsp3) is 0.133. The normalized spacial score (nSPS) is 12.8. The van der Waals surface area contributed by atoms with Crippen LogP contribution in [0.4, 0.5) is 10.3 Å². The van der Waals surface area contributed by atoms with Crippen LogP contribution in [0.5, 0.6) is 0 Å². The van der Waals surface area contributed by atoms with Crippen LogP contribution < -0.4 is 5.73 Å². The maximum absolute atomic E-state index is 14.0. The van der Waals surface area contributed by atoms with Crippen LogP contribution >= 0.6 is 23.2 Å². The van der Waals surface area contributed by atoms with Gasteiger partial charge in [0.05, 0.1) is 27.1 Å². The van der Waals surface area contributed by atoms with Crippen molar-refractivity contribution in [3.05, 3.63) is 57.8 Å². The zero-order valence-corrected chi connectivity index (χ0v) is 12.7. The average Bonchev–Trinajstić information content (AvgIpc) is 2.74. The first-order valence-electron chi connectivity index (χ1n) is 6.36. The van der Waals surface area contributed by atoms with Gasteiger partial charge >= 0.3 is 0 Å². The van der Waals surface area contributed by atoms with Gasteiger partial charge in [-0.25, -0.2) is 9.37 Å². The summed E-state index contributed by atoms with van der Waals surface area (Å²) in [5, 5.41) is 0.818. The van der Waals surface area contributed by atoms with E-state index >= 15 is 0 Å². The predicted molar refractivity (Wildman–Crippen MR) is 84.4 cm³/mol. The van der Waals surface area contributed by atoms with Crippen molar-refractivity contribution < 1.29 is 4.39 Å². The van der Waals surface area contributed by atoms with E-state index in [1.54, 1.807) is 34.9 Å². The smallest absolute Gasteiger partial charge is 0.201 e. The van der Waals surface area contributed by atoms with Crippen LogP contribution in [-0.2, 0) is 0 Å². The molecule has 0 amide bonds. The van der Waals surface area contributed by atoms with Crippen molar-refractivity contribution in [1.29, 1.82) is 0 Å². The first-order valence-corrected chi connectivity index (χ1v) is 7.11. The van der Waals surface area contributed by atoms with Crippen LogP contribution in [0, 0.1) is 5.82 Å². The molecule has 0 spiro atoms. The Labute approximate surface area is 131 Å². The molecule has 1 unspecified atom stereocenters. The Balaban J connectivity index is 2.22.